The minimum Gasteiger partial charge on any atom is -0.507 e. The van der Waals surface area contributed by atoms with Gasteiger partial charge in [-0.15, -0.1) is 0 Å². The lowest BCUT2D eigenvalue weighted by Gasteiger charge is -2.27. The Hall–Kier alpha value is -4.31. The highest BCUT2D eigenvalue weighted by molar-refractivity contribution is 6.46. The highest BCUT2D eigenvalue weighted by atomic mass is 16.5. The number of benzene rings is 2. The second-order valence-electron chi connectivity index (χ2n) is 9.72. The van der Waals surface area contributed by atoms with Crippen LogP contribution in [0.3, 0.4) is 0 Å². The van der Waals surface area contributed by atoms with Crippen molar-refractivity contribution in [2.75, 3.05) is 47.5 Å². The van der Waals surface area contributed by atoms with E-state index in [0.29, 0.717) is 47.0 Å². The molecule has 1 fully saturated rings. The van der Waals surface area contributed by atoms with Gasteiger partial charge in [0.25, 0.3) is 11.7 Å². The highest BCUT2D eigenvalue weighted by Gasteiger charge is 2.46. The Morgan fingerprint density at radius 1 is 1.00 bits per heavy atom. The number of carbonyl (C=O) groups excluding carboxylic acids is 2. The number of ether oxygens (including phenoxy) is 3. The van der Waals surface area contributed by atoms with Crippen LogP contribution >= 0.6 is 0 Å². The third-order valence-corrected chi connectivity index (χ3v) is 7.58. The fraction of sp³-hybridized carbons (Fsp3) is 0.387. The van der Waals surface area contributed by atoms with Crippen LogP contribution < -0.4 is 14.2 Å². The molecule has 1 N–H and O–H groups in total. The van der Waals surface area contributed by atoms with Gasteiger partial charge < -0.3 is 29.1 Å². The smallest absolute Gasteiger partial charge is 0.295 e. The number of likely N-dealkylation sites (tertiary alicyclic amines) is 1. The summed E-state index contributed by atoms with van der Waals surface area (Å²) in [5.41, 5.74) is 2.35. The van der Waals surface area contributed by atoms with Crippen LogP contribution in [0.2, 0.25) is 0 Å². The molecule has 0 spiro atoms. The topological polar surface area (TPSA) is 106 Å². The number of ketones is 1. The van der Waals surface area contributed by atoms with E-state index >= 15 is 0 Å². The fourth-order valence-corrected chi connectivity index (χ4v) is 5.34. The summed E-state index contributed by atoms with van der Waals surface area (Å²) in [7, 11) is 4.51. The molecule has 0 aliphatic carbocycles. The number of rotatable bonds is 12. The molecule has 2 heterocycles. The average molecular weight is 563 g/mol. The van der Waals surface area contributed by atoms with E-state index in [1.807, 2.05) is 37.3 Å². The summed E-state index contributed by atoms with van der Waals surface area (Å²) in [5, 5.41) is 16.1. The van der Waals surface area contributed by atoms with E-state index < -0.39 is 17.7 Å². The van der Waals surface area contributed by atoms with E-state index in [-0.39, 0.29) is 11.3 Å². The van der Waals surface area contributed by atoms with E-state index in [2.05, 4.69) is 23.8 Å². The van der Waals surface area contributed by atoms with Gasteiger partial charge in [0, 0.05) is 6.54 Å². The maximum absolute atomic E-state index is 13.6. The van der Waals surface area contributed by atoms with Gasteiger partial charge in [0.2, 0.25) is 5.75 Å². The second-order valence-corrected chi connectivity index (χ2v) is 9.72. The molecule has 4 rings (SSSR count). The third kappa shape index (κ3) is 5.65. The van der Waals surface area contributed by atoms with Crippen LogP contribution in [0.25, 0.3) is 11.4 Å². The Balaban J connectivity index is 1.86. The van der Waals surface area contributed by atoms with E-state index in [0.717, 1.165) is 25.3 Å². The monoisotopic (exact) mass is 562 g/mol. The van der Waals surface area contributed by atoms with Crippen molar-refractivity contribution in [1.82, 2.24) is 19.6 Å². The molecule has 218 valence electrons. The molecule has 41 heavy (non-hydrogen) atoms. The van der Waals surface area contributed by atoms with Gasteiger partial charge in [-0.2, -0.15) is 5.10 Å². The second kappa shape index (κ2) is 12.9. The zero-order chi connectivity index (χ0) is 29.7. The first-order valence-electron chi connectivity index (χ1n) is 13.7. The molecule has 10 nitrogen and oxygen atoms in total. The highest BCUT2D eigenvalue weighted by Crippen LogP contribution is 2.46. The molecule has 1 aliphatic heterocycles. The zero-order valence-corrected chi connectivity index (χ0v) is 24.5. The number of aromatic nitrogens is 2. The molecule has 0 radical (unpaired) electrons. The maximum Gasteiger partial charge on any atom is 0.295 e. The Kier molecular flexibility index (Phi) is 9.34. The molecule has 1 amide bonds. The van der Waals surface area contributed by atoms with Crippen molar-refractivity contribution >= 4 is 17.4 Å². The zero-order valence-electron chi connectivity index (χ0n) is 24.5. The Morgan fingerprint density at radius 2 is 1.63 bits per heavy atom. The van der Waals surface area contributed by atoms with Gasteiger partial charge in [0.15, 0.2) is 11.5 Å². The number of Topliss-reactive ketones (excluding diaryl/α,β-unsaturated/α-hetero) is 1. The quantitative estimate of drug-likeness (QED) is 0.197. The van der Waals surface area contributed by atoms with Gasteiger partial charge in [-0.05, 0) is 62.8 Å². The summed E-state index contributed by atoms with van der Waals surface area (Å²) in [6.07, 6.45) is 2.17. The minimum absolute atomic E-state index is 0.0113. The maximum atomic E-state index is 13.6. The lowest BCUT2D eigenvalue weighted by Crippen LogP contribution is -2.33. The molecule has 1 aliphatic rings. The Labute approximate surface area is 240 Å². The number of nitrogens with zero attached hydrogens (tertiary/aromatic N) is 4. The predicted octanol–water partition coefficient (Wildman–Crippen LogP) is 4.36. The van der Waals surface area contributed by atoms with Crippen LogP contribution in [0.4, 0.5) is 0 Å². The average Bonchev–Trinajstić information content (AvgIpc) is 3.51. The molecular weight excluding hydrogens is 524 g/mol. The molecule has 1 aromatic heterocycles. The van der Waals surface area contributed by atoms with Crippen molar-refractivity contribution in [2.24, 2.45) is 0 Å². The molecule has 1 unspecified atom stereocenters. The molecular formula is C31H38N4O6. The fourth-order valence-electron chi connectivity index (χ4n) is 5.34. The first kappa shape index (κ1) is 29.7. The van der Waals surface area contributed by atoms with Crippen molar-refractivity contribution in [1.29, 1.82) is 0 Å². The number of para-hydroxylation sites is 1. The number of amides is 1. The van der Waals surface area contributed by atoms with Gasteiger partial charge >= 0.3 is 0 Å². The number of carbonyl (C=O) groups is 2. The van der Waals surface area contributed by atoms with E-state index in [4.69, 9.17) is 14.2 Å². The van der Waals surface area contributed by atoms with Crippen molar-refractivity contribution in [2.45, 2.75) is 33.2 Å². The SMILES string of the molecule is CCN(CC)CCCN1C(=O)C(=O)/C(=C(/O)c2cnn(-c3ccccc3)c2C)C1c1cc(OC)c(OC)c(OC)c1. The van der Waals surface area contributed by atoms with E-state index in [1.165, 1.54) is 32.4 Å². The number of hydrogen-bond donors (Lipinski definition) is 1. The van der Waals surface area contributed by atoms with Crippen LogP contribution in [0.5, 0.6) is 17.2 Å². The van der Waals surface area contributed by atoms with Crippen molar-refractivity contribution in [3.63, 3.8) is 0 Å². The van der Waals surface area contributed by atoms with Crippen molar-refractivity contribution in [3.8, 4) is 22.9 Å². The number of aliphatic hydroxyl groups is 1. The molecule has 3 aromatic rings. The summed E-state index contributed by atoms with van der Waals surface area (Å²) in [6.45, 7) is 8.84. The molecule has 1 saturated heterocycles. The number of methoxy groups -OCH3 is 3. The molecule has 0 bridgehead atoms. The lowest BCUT2D eigenvalue weighted by atomic mass is 9.94. The minimum atomic E-state index is -0.875. The summed E-state index contributed by atoms with van der Waals surface area (Å²) in [4.78, 5) is 30.9. The van der Waals surface area contributed by atoms with Crippen LogP contribution in [-0.4, -0.2) is 83.9 Å². The van der Waals surface area contributed by atoms with E-state index in [1.54, 1.807) is 16.8 Å². The molecule has 1 atom stereocenters. The van der Waals surface area contributed by atoms with Crippen molar-refractivity contribution < 1.29 is 28.9 Å². The van der Waals surface area contributed by atoms with Crippen LogP contribution in [0.15, 0.2) is 54.2 Å². The summed E-state index contributed by atoms with van der Waals surface area (Å²) >= 11 is 0. The number of aliphatic hydroxyl groups excluding tert-OH is 1. The first-order chi connectivity index (χ1) is 19.8. The first-order valence-corrected chi connectivity index (χ1v) is 13.7. The normalized spacial score (nSPS) is 16.5. The standard InChI is InChI=1S/C31H38N4O6/c1-7-33(8-2)15-12-16-34-27(21-17-24(39-4)30(41-6)25(18-21)40-5)26(29(37)31(34)38)28(36)23-19-32-35(20(23)3)22-13-10-9-11-14-22/h9-11,13-14,17-19,27,36H,7-8,12,15-16H2,1-6H3/b28-26+. The third-order valence-electron chi connectivity index (χ3n) is 7.58. The molecule has 2 aromatic carbocycles. The summed E-state index contributed by atoms with van der Waals surface area (Å²) in [6, 6.07) is 12.0. The molecule has 0 saturated carbocycles. The van der Waals surface area contributed by atoms with Crippen LogP contribution in [-0.2, 0) is 9.59 Å². The largest absolute Gasteiger partial charge is 0.507 e. The van der Waals surface area contributed by atoms with Gasteiger partial charge in [0.1, 0.15) is 5.76 Å². The van der Waals surface area contributed by atoms with Gasteiger partial charge in [-0.25, -0.2) is 4.68 Å². The molecule has 10 heteroatoms. The predicted molar refractivity (Wildman–Crippen MR) is 156 cm³/mol. The Morgan fingerprint density at radius 3 is 2.20 bits per heavy atom. The Bertz CT molecular complexity index is 1400. The van der Waals surface area contributed by atoms with Gasteiger partial charge in [-0.3, -0.25) is 9.59 Å². The lowest BCUT2D eigenvalue weighted by molar-refractivity contribution is -0.140. The number of hydrogen-bond acceptors (Lipinski definition) is 8. The van der Waals surface area contributed by atoms with Crippen LogP contribution in [0, 0.1) is 6.92 Å². The summed E-state index contributed by atoms with van der Waals surface area (Å²) in [5.74, 6) is -0.563. The van der Waals surface area contributed by atoms with Crippen LogP contribution in [0.1, 0.15) is 43.1 Å². The van der Waals surface area contributed by atoms with Crippen molar-refractivity contribution in [3.05, 3.63) is 71.1 Å². The van der Waals surface area contributed by atoms with E-state index in [9.17, 15) is 14.7 Å². The van der Waals surface area contributed by atoms with Gasteiger partial charge in [-0.1, -0.05) is 32.0 Å². The summed E-state index contributed by atoms with van der Waals surface area (Å²) < 4.78 is 18.3. The van der Waals surface area contributed by atoms with Gasteiger partial charge in [0.05, 0.1) is 56.1 Å².